The Balaban J connectivity index is 2.13. The molecule has 15 heavy (non-hydrogen) atoms. The van der Waals surface area contributed by atoms with Crippen LogP contribution in [0, 0.1) is 5.92 Å². The lowest BCUT2D eigenvalue weighted by Crippen LogP contribution is -2.25. The van der Waals surface area contributed by atoms with Crippen LogP contribution in [0.2, 0.25) is 0 Å². The Labute approximate surface area is 88.9 Å². The van der Waals surface area contributed by atoms with Gasteiger partial charge in [0.15, 0.2) is 0 Å². The number of rotatable bonds is 6. The Hall–Kier alpha value is -1.36. The number of aromatic amines is 1. The quantitative estimate of drug-likeness (QED) is 0.601. The van der Waals surface area contributed by atoms with Crippen molar-refractivity contribution in [2.75, 3.05) is 13.2 Å². The highest BCUT2D eigenvalue weighted by Gasteiger charge is 2.05. The van der Waals surface area contributed by atoms with E-state index < -0.39 is 0 Å². The van der Waals surface area contributed by atoms with Crippen molar-refractivity contribution in [3.63, 3.8) is 0 Å². The first-order valence-electron chi connectivity index (χ1n) is 5.11. The molecule has 5 nitrogen and oxygen atoms in total. The van der Waals surface area contributed by atoms with Crippen molar-refractivity contribution in [1.29, 1.82) is 0 Å². The third kappa shape index (κ3) is 4.12. The summed E-state index contributed by atoms with van der Waals surface area (Å²) >= 11 is 0. The van der Waals surface area contributed by atoms with E-state index in [1.54, 1.807) is 0 Å². The lowest BCUT2D eigenvalue weighted by molar-refractivity contribution is 0.0947. The van der Waals surface area contributed by atoms with Crippen molar-refractivity contribution < 1.29 is 9.90 Å². The molecule has 1 atom stereocenters. The smallest absolute Gasteiger partial charge is 0.269 e. The predicted octanol–water partition coefficient (Wildman–Crippen LogP) is 0.548. The van der Waals surface area contributed by atoms with Gasteiger partial charge in [-0.05, 0) is 18.8 Å². The molecule has 0 bridgehead atoms. The van der Waals surface area contributed by atoms with Crippen LogP contribution in [0.4, 0.5) is 0 Å². The van der Waals surface area contributed by atoms with Crippen LogP contribution in [0.3, 0.4) is 0 Å². The van der Waals surface area contributed by atoms with Gasteiger partial charge in [-0.3, -0.25) is 4.79 Å². The summed E-state index contributed by atoms with van der Waals surface area (Å²) in [5, 5.41) is 11.6. The van der Waals surface area contributed by atoms with Crippen molar-refractivity contribution in [2.45, 2.75) is 19.8 Å². The number of hydrogen-bond donors (Lipinski definition) is 3. The molecule has 0 saturated heterocycles. The second-order valence-corrected chi connectivity index (χ2v) is 3.65. The van der Waals surface area contributed by atoms with Gasteiger partial charge in [-0.15, -0.1) is 0 Å². The Morgan fingerprint density at radius 2 is 2.53 bits per heavy atom. The number of imidazole rings is 1. The summed E-state index contributed by atoms with van der Waals surface area (Å²) in [6.07, 6.45) is 4.76. The van der Waals surface area contributed by atoms with Crippen molar-refractivity contribution >= 4 is 5.91 Å². The van der Waals surface area contributed by atoms with Crippen LogP contribution in [0.5, 0.6) is 0 Å². The Morgan fingerprint density at radius 3 is 3.13 bits per heavy atom. The summed E-state index contributed by atoms with van der Waals surface area (Å²) < 4.78 is 0. The predicted molar refractivity (Wildman–Crippen MR) is 56.4 cm³/mol. The summed E-state index contributed by atoms with van der Waals surface area (Å²) in [5.41, 5.74) is 0.477. The van der Waals surface area contributed by atoms with Crippen molar-refractivity contribution in [3.05, 3.63) is 18.2 Å². The highest BCUT2D eigenvalue weighted by molar-refractivity contribution is 5.91. The summed E-state index contributed by atoms with van der Waals surface area (Å²) in [7, 11) is 0. The van der Waals surface area contributed by atoms with Gasteiger partial charge >= 0.3 is 0 Å². The molecule has 84 valence electrons. The van der Waals surface area contributed by atoms with Gasteiger partial charge in [0.05, 0.1) is 12.5 Å². The minimum absolute atomic E-state index is 0.135. The Kier molecular flexibility index (Phi) is 4.83. The molecule has 1 rings (SSSR count). The monoisotopic (exact) mass is 211 g/mol. The van der Waals surface area contributed by atoms with E-state index in [0.29, 0.717) is 18.2 Å². The molecule has 0 spiro atoms. The number of nitrogens with zero attached hydrogens (tertiary/aromatic N) is 1. The van der Waals surface area contributed by atoms with E-state index in [4.69, 9.17) is 5.11 Å². The number of amides is 1. The lowest BCUT2D eigenvalue weighted by Gasteiger charge is -2.07. The van der Waals surface area contributed by atoms with E-state index >= 15 is 0 Å². The van der Waals surface area contributed by atoms with Gasteiger partial charge in [0.25, 0.3) is 5.91 Å². The van der Waals surface area contributed by atoms with Crippen LogP contribution in [0.25, 0.3) is 0 Å². The zero-order chi connectivity index (χ0) is 11.1. The maximum atomic E-state index is 11.4. The third-order valence-electron chi connectivity index (χ3n) is 2.21. The third-order valence-corrected chi connectivity index (χ3v) is 2.21. The number of aliphatic hydroxyl groups excluding tert-OH is 1. The molecule has 0 aliphatic heterocycles. The summed E-state index contributed by atoms with van der Waals surface area (Å²) in [6.45, 7) is 2.81. The molecule has 3 N–H and O–H groups in total. The summed E-state index contributed by atoms with van der Waals surface area (Å²) in [6, 6.07) is 0. The van der Waals surface area contributed by atoms with Crippen molar-refractivity contribution in [3.8, 4) is 0 Å². The van der Waals surface area contributed by atoms with Crippen LogP contribution >= 0.6 is 0 Å². The van der Waals surface area contributed by atoms with Crippen LogP contribution in [-0.4, -0.2) is 34.1 Å². The van der Waals surface area contributed by atoms with Crippen LogP contribution in [0.1, 0.15) is 30.3 Å². The topological polar surface area (TPSA) is 78.0 Å². The zero-order valence-corrected chi connectivity index (χ0v) is 8.86. The van der Waals surface area contributed by atoms with E-state index in [-0.39, 0.29) is 12.5 Å². The largest absolute Gasteiger partial charge is 0.396 e. The first-order chi connectivity index (χ1) is 7.24. The standard InChI is InChI=1S/C10H17N3O2/c1-8(6-14)3-2-4-12-10(15)9-5-11-7-13-9/h5,7-8,14H,2-4,6H2,1H3,(H,11,13)(H,12,15). The van der Waals surface area contributed by atoms with E-state index in [1.165, 1.54) is 12.5 Å². The molecular weight excluding hydrogens is 194 g/mol. The molecule has 0 aliphatic carbocycles. The summed E-state index contributed by atoms with van der Waals surface area (Å²) in [4.78, 5) is 17.9. The van der Waals surface area contributed by atoms with Crippen molar-refractivity contribution in [2.24, 2.45) is 5.92 Å². The number of nitrogens with one attached hydrogen (secondary N) is 2. The van der Waals surface area contributed by atoms with Crippen LogP contribution in [0.15, 0.2) is 12.5 Å². The number of carbonyl (C=O) groups excluding carboxylic acids is 1. The van der Waals surface area contributed by atoms with Gasteiger partial charge in [-0.2, -0.15) is 0 Å². The number of aromatic nitrogens is 2. The Morgan fingerprint density at radius 1 is 1.73 bits per heavy atom. The zero-order valence-electron chi connectivity index (χ0n) is 8.86. The molecule has 0 saturated carbocycles. The molecule has 1 aromatic rings. The van der Waals surface area contributed by atoms with Crippen LogP contribution in [-0.2, 0) is 0 Å². The van der Waals surface area contributed by atoms with Gasteiger partial charge in [0, 0.05) is 13.2 Å². The van der Waals surface area contributed by atoms with Gasteiger partial charge in [-0.1, -0.05) is 6.92 Å². The fourth-order valence-electron chi connectivity index (χ4n) is 1.22. The number of hydrogen-bond acceptors (Lipinski definition) is 3. The molecule has 0 aliphatic rings. The van der Waals surface area contributed by atoms with Crippen LogP contribution < -0.4 is 5.32 Å². The molecule has 0 aromatic carbocycles. The maximum absolute atomic E-state index is 11.4. The maximum Gasteiger partial charge on any atom is 0.269 e. The molecule has 1 amide bonds. The molecule has 0 fully saturated rings. The van der Waals surface area contributed by atoms with Gasteiger partial charge in [0.2, 0.25) is 0 Å². The molecule has 0 radical (unpaired) electrons. The minimum atomic E-state index is -0.135. The molecule has 5 heteroatoms. The van der Waals surface area contributed by atoms with E-state index in [9.17, 15) is 4.79 Å². The van der Waals surface area contributed by atoms with E-state index in [2.05, 4.69) is 15.3 Å². The number of carbonyl (C=O) groups is 1. The van der Waals surface area contributed by atoms with Gasteiger partial charge in [0.1, 0.15) is 5.69 Å². The van der Waals surface area contributed by atoms with E-state index in [0.717, 1.165) is 12.8 Å². The average molecular weight is 211 g/mol. The van der Waals surface area contributed by atoms with E-state index in [1.807, 2.05) is 6.92 Å². The highest BCUT2D eigenvalue weighted by atomic mass is 16.3. The molecule has 1 heterocycles. The SMILES string of the molecule is CC(CO)CCCNC(=O)c1cnc[nH]1. The van der Waals surface area contributed by atoms with Crippen molar-refractivity contribution in [1.82, 2.24) is 15.3 Å². The lowest BCUT2D eigenvalue weighted by atomic mass is 10.1. The minimum Gasteiger partial charge on any atom is -0.396 e. The first-order valence-corrected chi connectivity index (χ1v) is 5.11. The average Bonchev–Trinajstić information content (AvgIpc) is 2.77. The molecular formula is C10H17N3O2. The van der Waals surface area contributed by atoms with Gasteiger partial charge < -0.3 is 15.4 Å². The highest BCUT2D eigenvalue weighted by Crippen LogP contribution is 2.02. The normalized spacial score (nSPS) is 12.4. The fourth-order valence-corrected chi connectivity index (χ4v) is 1.22. The number of aliphatic hydroxyl groups is 1. The van der Waals surface area contributed by atoms with Gasteiger partial charge in [-0.25, -0.2) is 4.98 Å². The Bertz CT molecular complexity index is 285. The second kappa shape index (κ2) is 6.19. The fraction of sp³-hybridized carbons (Fsp3) is 0.600. The molecule has 1 aromatic heterocycles. The second-order valence-electron chi connectivity index (χ2n) is 3.65. The molecule has 1 unspecified atom stereocenters. The number of H-pyrrole nitrogens is 1. The summed E-state index contributed by atoms with van der Waals surface area (Å²) in [5.74, 6) is 0.165. The first kappa shape index (κ1) is 11.7.